The number of nitrogens with zero attached hydrogens (tertiary/aromatic N) is 1. The van der Waals surface area contributed by atoms with Gasteiger partial charge in [0.15, 0.2) is 11.5 Å². The Morgan fingerprint density at radius 1 is 1.13 bits per heavy atom. The first-order chi connectivity index (χ1) is 11.0. The van der Waals surface area contributed by atoms with Gasteiger partial charge in [0.1, 0.15) is 11.6 Å². The van der Waals surface area contributed by atoms with E-state index >= 15 is 0 Å². The average Bonchev–Trinajstić information content (AvgIpc) is 2.86. The van der Waals surface area contributed by atoms with Gasteiger partial charge in [0.2, 0.25) is 5.91 Å². The zero-order valence-electron chi connectivity index (χ0n) is 13.4. The highest BCUT2D eigenvalue weighted by Gasteiger charge is 2.13. The molecule has 5 nitrogen and oxygen atoms in total. The van der Waals surface area contributed by atoms with Crippen molar-refractivity contribution in [3.8, 4) is 0 Å². The van der Waals surface area contributed by atoms with Crippen molar-refractivity contribution in [3.63, 3.8) is 0 Å². The Morgan fingerprint density at radius 2 is 1.96 bits per heavy atom. The SMILES string of the molecule is Cc1cccc(NC(=O)[C@@H](C)Nc2ccc3oc(C)nc3c2)c1. The van der Waals surface area contributed by atoms with Crippen molar-refractivity contribution in [1.82, 2.24) is 4.98 Å². The Bertz CT molecular complexity index is 854. The number of carbonyl (C=O) groups excluding carboxylic acids is 1. The smallest absolute Gasteiger partial charge is 0.246 e. The minimum atomic E-state index is -0.374. The first-order valence-corrected chi connectivity index (χ1v) is 7.52. The molecule has 0 aliphatic heterocycles. The maximum absolute atomic E-state index is 12.3. The van der Waals surface area contributed by atoms with Gasteiger partial charge in [-0.3, -0.25) is 4.79 Å². The van der Waals surface area contributed by atoms with Crippen molar-refractivity contribution < 1.29 is 9.21 Å². The molecule has 2 aromatic carbocycles. The summed E-state index contributed by atoms with van der Waals surface area (Å²) in [4.78, 5) is 16.6. The number of nitrogens with one attached hydrogen (secondary N) is 2. The lowest BCUT2D eigenvalue weighted by molar-refractivity contribution is -0.116. The van der Waals surface area contributed by atoms with E-state index in [2.05, 4.69) is 15.6 Å². The van der Waals surface area contributed by atoms with Gasteiger partial charge in [-0.1, -0.05) is 12.1 Å². The van der Waals surface area contributed by atoms with Crippen LogP contribution in [-0.4, -0.2) is 16.9 Å². The van der Waals surface area contributed by atoms with E-state index in [1.54, 1.807) is 0 Å². The number of benzene rings is 2. The summed E-state index contributed by atoms with van der Waals surface area (Å²) >= 11 is 0. The molecule has 0 unspecified atom stereocenters. The molecular weight excluding hydrogens is 290 g/mol. The highest BCUT2D eigenvalue weighted by atomic mass is 16.3. The summed E-state index contributed by atoms with van der Waals surface area (Å²) in [5.41, 5.74) is 4.25. The summed E-state index contributed by atoms with van der Waals surface area (Å²) in [5.74, 6) is 0.536. The highest BCUT2D eigenvalue weighted by molar-refractivity contribution is 5.96. The lowest BCUT2D eigenvalue weighted by Crippen LogP contribution is -2.31. The van der Waals surface area contributed by atoms with Gasteiger partial charge >= 0.3 is 0 Å². The Hall–Kier alpha value is -2.82. The molecule has 2 N–H and O–H groups in total. The van der Waals surface area contributed by atoms with Crippen LogP contribution in [0.5, 0.6) is 0 Å². The van der Waals surface area contributed by atoms with Crippen LogP contribution in [0.1, 0.15) is 18.4 Å². The van der Waals surface area contributed by atoms with Crippen LogP contribution in [0.15, 0.2) is 46.9 Å². The third kappa shape index (κ3) is 3.51. The van der Waals surface area contributed by atoms with E-state index in [-0.39, 0.29) is 11.9 Å². The number of aromatic nitrogens is 1. The summed E-state index contributed by atoms with van der Waals surface area (Å²) < 4.78 is 5.45. The van der Waals surface area contributed by atoms with Crippen LogP contribution in [0.2, 0.25) is 0 Å². The number of amides is 1. The van der Waals surface area contributed by atoms with E-state index in [4.69, 9.17) is 4.42 Å². The zero-order chi connectivity index (χ0) is 16.4. The summed E-state index contributed by atoms with van der Waals surface area (Å²) in [7, 11) is 0. The first kappa shape index (κ1) is 15.1. The van der Waals surface area contributed by atoms with Crippen LogP contribution in [0.25, 0.3) is 11.1 Å². The Balaban J connectivity index is 1.69. The van der Waals surface area contributed by atoms with Crippen LogP contribution < -0.4 is 10.6 Å². The van der Waals surface area contributed by atoms with Gasteiger partial charge in [0.05, 0.1) is 0 Å². The minimum absolute atomic E-state index is 0.0907. The molecule has 3 rings (SSSR count). The fraction of sp³-hybridized carbons (Fsp3) is 0.222. The molecule has 1 aromatic heterocycles. The van der Waals surface area contributed by atoms with E-state index in [9.17, 15) is 4.79 Å². The van der Waals surface area contributed by atoms with Gasteiger partial charge in [-0.25, -0.2) is 4.98 Å². The number of fused-ring (bicyclic) bond motifs is 1. The van der Waals surface area contributed by atoms with Crippen LogP contribution in [0, 0.1) is 13.8 Å². The van der Waals surface area contributed by atoms with Crippen molar-refractivity contribution in [2.75, 3.05) is 10.6 Å². The fourth-order valence-electron chi connectivity index (χ4n) is 2.42. The van der Waals surface area contributed by atoms with Crippen molar-refractivity contribution in [2.24, 2.45) is 0 Å². The third-order valence-electron chi connectivity index (χ3n) is 3.56. The molecule has 0 bridgehead atoms. The molecule has 23 heavy (non-hydrogen) atoms. The molecule has 118 valence electrons. The molecule has 5 heteroatoms. The second kappa shape index (κ2) is 6.12. The molecule has 0 saturated heterocycles. The van der Waals surface area contributed by atoms with Gasteiger partial charge in [-0.2, -0.15) is 0 Å². The quantitative estimate of drug-likeness (QED) is 0.767. The summed E-state index contributed by atoms with van der Waals surface area (Å²) in [6.45, 7) is 5.63. The van der Waals surface area contributed by atoms with Crippen molar-refractivity contribution in [1.29, 1.82) is 0 Å². The normalized spacial score (nSPS) is 12.1. The van der Waals surface area contributed by atoms with Gasteiger partial charge in [-0.15, -0.1) is 0 Å². The van der Waals surface area contributed by atoms with Crippen molar-refractivity contribution in [2.45, 2.75) is 26.8 Å². The number of hydrogen-bond acceptors (Lipinski definition) is 4. The molecule has 0 fully saturated rings. The molecule has 3 aromatic rings. The second-order valence-electron chi connectivity index (χ2n) is 5.64. The van der Waals surface area contributed by atoms with Crippen LogP contribution >= 0.6 is 0 Å². The molecule has 0 radical (unpaired) electrons. The molecule has 1 amide bonds. The standard InChI is InChI=1S/C18H19N3O2/c1-11-5-4-6-14(9-11)21-18(22)12(2)19-15-7-8-17-16(10-15)20-13(3)23-17/h4-10,12,19H,1-3H3,(H,21,22)/t12-/m1/s1. The monoisotopic (exact) mass is 309 g/mol. The van der Waals surface area contributed by atoms with Gasteiger partial charge in [0.25, 0.3) is 0 Å². The first-order valence-electron chi connectivity index (χ1n) is 7.52. The highest BCUT2D eigenvalue weighted by Crippen LogP contribution is 2.20. The topological polar surface area (TPSA) is 67.2 Å². The van der Waals surface area contributed by atoms with Crippen LogP contribution in [0.3, 0.4) is 0 Å². The van der Waals surface area contributed by atoms with Crippen LogP contribution in [0.4, 0.5) is 11.4 Å². The fourth-order valence-corrected chi connectivity index (χ4v) is 2.42. The van der Waals surface area contributed by atoms with Crippen LogP contribution in [-0.2, 0) is 4.79 Å². The third-order valence-corrected chi connectivity index (χ3v) is 3.56. The number of rotatable bonds is 4. The molecular formula is C18H19N3O2. The Morgan fingerprint density at radius 3 is 2.74 bits per heavy atom. The summed E-state index contributed by atoms with van der Waals surface area (Å²) in [6, 6.07) is 13.0. The number of carbonyl (C=O) groups is 1. The molecule has 0 aliphatic carbocycles. The lowest BCUT2D eigenvalue weighted by Gasteiger charge is -2.15. The average molecular weight is 309 g/mol. The van der Waals surface area contributed by atoms with Gasteiger partial charge in [-0.05, 0) is 49.7 Å². The van der Waals surface area contributed by atoms with E-state index in [0.717, 1.165) is 28.0 Å². The second-order valence-corrected chi connectivity index (χ2v) is 5.64. The van der Waals surface area contributed by atoms with Crippen molar-refractivity contribution in [3.05, 3.63) is 53.9 Å². The largest absolute Gasteiger partial charge is 0.441 e. The van der Waals surface area contributed by atoms with Crippen molar-refractivity contribution >= 4 is 28.4 Å². The predicted octanol–water partition coefficient (Wildman–Crippen LogP) is 3.88. The van der Waals surface area contributed by atoms with E-state index in [1.807, 2.05) is 63.2 Å². The summed E-state index contributed by atoms with van der Waals surface area (Å²) in [5, 5.41) is 6.09. The molecule has 0 aliphatic rings. The van der Waals surface area contributed by atoms with Gasteiger partial charge in [0, 0.05) is 18.3 Å². The van der Waals surface area contributed by atoms with E-state index in [0.29, 0.717) is 5.89 Å². The number of aryl methyl sites for hydroxylation is 2. The predicted molar refractivity (Wildman–Crippen MR) is 91.6 cm³/mol. The minimum Gasteiger partial charge on any atom is -0.441 e. The molecule has 1 heterocycles. The molecule has 0 spiro atoms. The maximum Gasteiger partial charge on any atom is 0.246 e. The Labute approximate surface area is 134 Å². The van der Waals surface area contributed by atoms with E-state index in [1.165, 1.54) is 0 Å². The number of oxazole rings is 1. The lowest BCUT2D eigenvalue weighted by atomic mass is 10.2. The molecule has 1 atom stereocenters. The van der Waals surface area contributed by atoms with E-state index < -0.39 is 0 Å². The zero-order valence-corrected chi connectivity index (χ0v) is 13.4. The number of anilines is 2. The number of hydrogen-bond donors (Lipinski definition) is 2. The molecule has 0 saturated carbocycles. The van der Waals surface area contributed by atoms with Gasteiger partial charge < -0.3 is 15.1 Å². The maximum atomic E-state index is 12.3. The summed E-state index contributed by atoms with van der Waals surface area (Å²) in [6.07, 6.45) is 0. The Kier molecular flexibility index (Phi) is 4.02.